The molecule has 1 N–H and O–H groups in total. The minimum Gasteiger partial charge on any atom is -0.371 e. The molecule has 0 aliphatic carbocycles. The van der Waals surface area contributed by atoms with Crippen LogP contribution in [0.2, 0.25) is 0 Å². The van der Waals surface area contributed by atoms with Crippen LogP contribution in [0.15, 0.2) is 53.1 Å². The Bertz CT molecular complexity index is 1220. The molecule has 1 aromatic heterocycles. The number of hydrogen-bond donors (Lipinski definition) is 1. The molecule has 1 amide bonds. The molecule has 1 unspecified atom stereocenters. The number of rotatable bonds is 7. The van der Waals surface area contributed by atoms with Crippen LogP contribution in [-0.4, -0.2) is 47.1 Å². The molecule has 1 atom stereocenters. The molecule has 0 bridgehead atoms. The van der Waals surface area contributed by atoms with Crippen LogP contribution in [0.25, 0.3) is 11.4 Å². The minimum atomic E-state index is 0.0509. The number of benzene rings is 2. The third-order valence-electron chi connectivity index (χ3n) is 8.22. The van der Waals surface area contributed by atoms with Crippen molar-refractivity contribution in [3.05, 3.63) is 65.5 Å². The van der Waals surface area contributed by atoms with Gasteiger partial charge in [0.2, 0.25) is 17.6 Å². The third kappa shape index (κ3) is 7.07. The van der Waals surface area contributed by atoms with Gasteiger partial charge in [0.25, 0.3) is 0 Å². The first kappa shape index (κ1) is 27.4. The summed E-state index contributed by atoms with van der Waals surface area (Å²) in [5.41, 5.74) is 4.79. The van der Waals surface area contributed by atoms with Gasteiger partial charge in [-0.2, -0.15) is 4.98 Å². The molecule has 3 heterocycles. The van der Waals surface area contributed by atoms with Crippen LogP contribution < -0.4 is 10.2 Å². The molecule has 0 spiro atoms. The lowest BCUT2D eigenvalue weighted by Gasteiger charge is -2.33. The lowest BCUT2D eigenvalue weighted by Crippen LogP contribution is -2.40. The molecule has 2 aromatic carbocycles. The maximum Gasteiger partial charge on any atom is 0.241 e. The minimum absolute atomic E-state index is 0.0509. The second-order valence-electron chi connectivity index (χ2n) is 12.5. The number of carbonyl (C=O) groups excluding carboxylic acids is 1. The summed E-state index contributed by atoms with van der Waals surface area (Å²) in [4.78, 5) is 22.2. The lowest BCUT2D eigenvalue weighted by molar-refractivity contribution is -0.126. The zero-order valence-electron chi connectivity index (χ0n) is 23.9. The molecule has 3 aromatic rings. The number of likely N-dealkylation sites (tertiary alicyclic amines) is 1. The SMILES string of the molecule is CC1CCCN(c2ccc(CNC(=O)C3CCN(Cc4nc(-c5ccc(C(C)(C)C)cc5)no4)CC3)cc2)C1. The summed E-state index contributed by atoms with van der Waals surface area (Å²) in [6, 6.07) is 17.1. The largest absolute Gasteiger partial charge is 0.371 e. The maximum absolute atomic E-state index is 12.9. The summed E-state index contributed by atoms with van der Waals surface area (Å²) in [6.45, 7) is 14.1. The monoisotopic (exact) mass is 529 g/mol. The average Bonchev–Trinajstić information content (AvgIpc) is 3.40. The van der Waals surface area contributed by atoms with Gasteiger partial charge in [-0.05, 0) is 73.4 Å². The Morgan fingerprint density at radius 2 is 1.72 bits per heavy atom. The van der Waals surface area contributed by atoms with E-state index in [2.05, 4.69) is 101 Å². The van der Waals surface area contributed by atoms with Crippen LogP contribution in [0, 0.1) is 11.8 Å². The molecule has 2 fully saturated rings. The fourth-order valence-corrected chi connectivity index (χ4v) is 5.68. The normalized spacial score (nSPS) is 19.3. The zero-order valence-corrected chi connectivity index (χ0v) is 23.9. The van der Waals surface area contributed by atoms with Gasteiger partial charge in [-0.15, -0.1) is 0 Å². The molecule has 5 rings (SSSR count). The smallest absolute Gasteiger partial charge is 0.241 e. The van der Waals surface area contributed by atoms with Gasteiger partial charge < -0.3 is 14.7 Å². The average molecular weight is 530 g/mol. The van der Waals surface area contributed by atoms with Gasteiger partial charge in [0.05, 0.1) is 6.54 Å². The fraction of sp³-hybridized carbons (Fsp3) is 0.531. The van der Waals surface area contributed by atoms with E-state index in [1.165, 1.54) is 24.1 Å². The number of hydrogen-bond acceptors (Lipinski definition) is 6. The number of nitrogens with zero attached hydrogens (tertiary/aromatic N) is 4. The van der Waals surface area contributed by atoms with Crippen molar-refractivity contribution >= 4 is 11.6 Å². The van der Waals surface area contributed by atoms with E-state index in [0.717, 1.165) is 56.1 Å². The molecule has 0 radical (unpaired) electrons. The molecule has 2 aliphatic rings. The Balaban J connectivity index is 1.05. The predicted molar refractivity (Wildman–Crippen MR) is 155 cm³/mol. The van der Waals surface area contributed by atoms with Gasteiger partial charge in [0.15, 0.2) is 0 Å². The van der Waals surface area contributed by atoms with E-state index in [1.54, 1.807) is 0 Å². The summed E-state index contributed by atoms with van der Waals surface area (Å²) < 4.78 is 5.55. The molecule has 2 aliphatic heterocycles. The van der Waals surface area contributed by atoms with Crippen molar-refractivity contribution in [1.82, 2.24) is 20.4 Å². The molecule has 2 saturated heterocycles. The van der Waals surface area contributed by atoms with Crippen molar-refractivity contribution in [2.45, 2.75) is 71.9 Å². The van der Waals surface area contributed by atoms with Crippen LogP contribution in [0.5, 0.6) is 0 Å². The van der Waals surface area contributed by atoms with Crippen molar-refractivity contribution in [3.63, 3.8) is 0 Å². The Labute approximate surface area is 233 Å². The summed E-state index contributed by atoms with van der Waals surface area (Å²) in [6.07, 6.45) is 4.27. The zero-order chi connectivity index (χ0) is 27.4. The van der Waals surface area contributed by atoms with Gasteiger partial charge in [-0.25, -0.2) is 0 Å². The third-order valence-corrected chi connectivity index (χ3v) is 8.22. The van der Waals surface area contributed by atoms with Crippen LogP contribution in [0.3, 0.4) is 0 Å². The van der Waals surface area contributed by atoms with Crippen LogP contribution >= 0.6 is 0 Å². The van der Waals surface area contributed by atoms with Crippen molar-refractivity contribution in [2.75, 3.05) is 31.1 Å². The van der Waals surface area contributed by atoms with Crippen molar-refractivity contribution in [1.29, 1.82) is 0 Å². The van der Waals surface area contributed by atoms with Gasteiger partial charge >= 0.3 is 0 Å². The number of amides is 1. The van der Waals surface area contributed by atoms with Gasteiger partial charge in [0, 0.05) is 36.8 Å². The Morgan fingerprint density at radius 3 is 2.38 bits per heavy atom. The van der Waals surface area contributed by atoms with Gasteiger partial charge in [0.1, 0.15) is 0 Å². The van der Waals surface area contributed by atoms with Gasteiger partial charge in [-0.3, -0.25) is 9.69 Å². The number of anilines is 1. The summed E-state index contributed by atoms with van der Waals surface area (Å²) in [5, 5.41) is 7.36. The van der Waals surface area contributed by atoms with E-state index < -0.39 is 0 Å². The highest BCUT2D eigenvalue weighted by atomic mass is 16.5. The molecule has 7 nitrogen and oxygen atoms in total. The van der Waals surface area contributed by atoms with Crippen molar-refractivity contribution in [2.24, 2.45) is 11.8 Å². The Kier molecular flexibility index (Phi) is 8.36. The van der Waals surface area contributed by atoms with Crippen molar-refractivity contribution < 1.29 is 9.32 Å². The fourth-order valence-electron chi connectivity index (χ4n) is 5.68. The van der Waals surface area contributed by atoms with E-state index in [-0.39, 0.29) is 17.2 Å². The summed E-state index contributed by atoms with van der Waals surface area (Å²) in [5.74, 6) is 2.20. The highest BCUT2D eigenvalue weighted by Gasteiger charge is 2.26. The first-order valence-corrected chi connectivity index (χ1v) is 14.5. The second-order valence-corrected chi connectivity index (χ2v) is 12.5. The first-order valence-electron chi connectivity index (χ1n) is 14.5. The molecule has 0 saturated carbocycles. The molecule has 39 heavy (non-hydrogen) atoms. The van der Waals surface area contributed by atoms with E-state index in [4.69, 9.17) is 4.52 Å². The number of carbonyl (C=O) groups is 1. The highest BCUT2D eigenvalue weighted by Crippen LogP contribution is 2.26. The van der Waals surface area contributed by atoms with E-state index in [1.807, 2.05) is 0 Å². The topological polar surface area (TPSA) is 74.5 Å². The van der Waals surface area contributed by atoms with E-state index in [9.17, 15) is 4.79 Å². The maximum atomic E-state index is 12.9. The van der Waals surface area contributed by atoms with E-state index >= 15 is 0 Å². The van der Waals surface area contributed by atoms with E-state index in [0.29, 0.717) is 24.8 Å². The highest BCUT2D eigenvalue weighted by molar-refractivity contribution is 5.78. The number of nitrogens with one attached hydrogen (secondary N) is 1. The first-order chi connectivity index (χ1) is 18.7. The van der Waals surface area contributed by atoms with Crippen LogP contribution in [-0.2, 0) is 23.3 Å². The second kappa shape index (κ2) is 11.9. The standard InChI is InChI=1S/C32H43N5O2/c1-23-6-5-17-37(21-23)28-13-7-24(8-14-28)20-33-31(38)26-15-18-36(19-16-26)22-29-34-30(35-39-29)25-9-11-27(12-10-25)32(2,3)4/h7-14,23,26H,5-6,15-22H2,1-4H3,(H,33,38). The van der Waals surface area contributed by atoms with Crippen molar-refractivity contribution in [3.8, 4) is 11.4 Å². The quantitative estimate of drug-likeness (QED) is 0.417. The summed E-state index contributed by atoms with van der Waals surface area (Å²) in [7, 11) is 0. The molecular formula is C32H43N5O2. The van der Waals surface area contributed by atoms with Crippen LogP contribution in [0.4, 0.5) is 5.69 Å². The van der Waals surface area contributed by atoms with Gasteiger partial charge in [-0.1, -0.05) is 69.2 Å². The molecule has 208 valence electrons. The number of piperidine rings is 2. The Morgan fingerprint density at radius 1 is 1.00 bits per heavy atom. The number of aromatic nitrogens is 2. The predicted octanol–water partition coefficient (Wildman–Crippen LogP) is 5.80. The lowest BCUT2D eigenvalue weighted by atomic mass is 9.87. The molecular weight excluding hydrogens is 486 g/mol. The Hall–Kier alpha value is -3.19. The van der Waals surface area contributed by atoms with Crippen LogP contribution in [0.1, 0.15) is 70.4 Å². The molecule has 7 heteroatoms. The summed E-state index contributed by atoms with van der Waals surface area (Å²) >= 11 is 0.